The lowest BCUT2D eigenvalue weighted by Crippen LogP contribution is -2.66. The number of methoxy groups -OCH3 is 1. The van der Waals surface area contributed by atoms with E-state index in [0.717, 1.165) is 6.07 Å². The number of alkyl halides is 6. The second-order valence-electron chi connectivity index (χ2n) is 8.03. The third kappa shape index (κ3) is 5.31. The molecule has 0 saturated carbocycles. The smallest absolute Gasteiger partial charge is 0.434 e. The molecule has 0 N–H and O–H groups in total. The largest absolute Gasteiger partial charge is 0.497 e. The molecule has 12 heteroatoms. The first-order valence-corrected chi connectivity index (χ1v) is 12.1. The zero-order chi connectivity index (χ0) is 25.2. The quantitative estimate of drug-likeness (QED) is 0.322. The van der Waals surface area contributed by atoms with Crippen molar-refractivity contribution >= 4 is 24.7 Å². The average molecular weight is 495 g/mol. The Morgan fingerprint density at radius 2 is 1.45 bits per heavy atom. The number of rotatable bonds is 7. The van der Waals surface area contributed by atoms with Gasteiger partial charge in [-0.15, -0.1) is 0 Å². The predicted octanol–water partition coefficient (Wildman–Crippen LogP) is 4.52. The zero-order valence-electron chi connectivity index (χ0n) is 18.6. The van der Waals surface area contributed by atoms with Gasteiger partial charge in [-0.25, -0.2) is 14.8 Å². The van der Waals surface area contributed by atoms with Crippen molar-refractivity contribution in [1.29, 1.82) is 0 Å². The van der Waals surface area contributed by atoms with Gasteiger partial charge in [0.2, 0.25) is 0 Å². The molecule has 0 aliphatic carbocycles. The standard InChI is InChI=1S/C21H24F6N2O3Si/c1-12(2)33(13(3)4,19-28-9-6-10-29-19)16-11-14(31-5)7-8-15(16)17(30)32-18(20(22,23)24)21(25,26)27/h6-13,18H,1-5H3. The number of carbonyl (C=O) groups excluding carboxylic acids is 1. The summed E-state index contributed by atoms with van der Waals surface area (Å²) in [5.74, 6) is -1.46. The van der Waals surface area contributed by atoms with Crippen molar-refractivity contribution in [2.75, 3.05) is 7.11 Å². The lowest BCUT2D eigenvalue weighted by Gasteiger charge is -2.39. The Morgan fingerprint density at radius 1 is 0.939 bits per heavy atom. The van der Waals surface area contributed by atoms with Gasteiger partial charge in [0.15, 0.2) is 8.07 Å². The predicted molar refractivity (Wildman–Crippen MR) is 112 cm³/mol. The summed E-state index contributed by atoms with van der Waals surface area (Å²) >= 11 is 0. The minimum absolute atomic E-state index is 0.195. The minimum Gasteiger partial charge on any atom is -0.497 e. The van der Waals surface area contributed by atoms with Crippen LogP contribution in [0.5, 0.6) is 5.75 Å². The van der Waals surface area contributed by atoms with Crippen molar-refractivity contribution < 1.29 is 40.6 Å². The maximum Gasteiger partial charge on any atom is 0.434 e. The molecule has 0 bridgehead atoms. The van der Waals surface area contributed by atoms with E-state index < -0.39 is 38.1 Å². The monoisotopic (exact) mass is 494 g/mol. The van der Waals surface area contributed by atoms with Gasteiger partial charge in [-0.2, -0.15) is 26.3 Å². The van der Waals surface area contributed by atoms with Gasteiger partial charge < -0.3 is 9.47 Å². The van der Waals surface area contributed by atoms with Crippen molar-refractivity contribution in [3.63, 3.8) is 0 Å². The number of aromatic nitrogens is 2. The van der Waals surface area contributed by atoms with E-state index in [2.05, 4.69) is 14.7 Å². The molecule has 1 heterocycles. The molecule has 0 unspecified atom stereocenters. The van der Waals surface area contributed by atoms with E-state index in [4.69, 9.17) is 4.74 Å². The van der Waals surface area contributed by atoms with E-state index in [1.807, 2.05) is 27.7 Å². The van der Waals surface area contributed by atoms with Gasteiger partial charge in [0, 0.05) is 12.4 Å². The van der Waals surface area contributed by atoms with Gasteiger partial charge in [0.25, 0.3) is 6.10 Å². The van der Waals surface area contributed by atoms with Crippen LogP contribution in [0.1, 0.15) is 38.1 Å². The molecule has 0 aliphatic rings. The maximum atomic E-state index is 13.0. The molecule has 0 fully saturated rings. The Morgan fingerprint density at radius 3 is 1.88 bits per heavy atom. The molecule has 1 aromatic heterocycles. The molecule has 0 spiro atoms. The SMILES string of the molecule is COc1ccc(C(=O)OC(C(F)(F)F)C(F)(F)F)c([Si](c2ncccn2)(C(C)C)C(C)C)c1. The average Bonchev–Trinajstić information content (AvgIpc) is 2.70. The molecular formula is C21H24F6N2O3Si. The first kappa shape index (κ1) is 26.6. The van der Waals surface area contributed by atoms with Crippen LogP contribution in [0.4, 0.5) is 26.3 Å². The third-order valence-electron chi connectivity index (χ3n) is 5.47. The first-order valence-electron chi connectivity index (χ1n) is 9.97. The van der Waals surface area contributed by atoms with Gasteiger partial charge in [-0.05, 0) is 40.5 Å². The van der Waals surface area contributed by atoms with E-state index in [-0.39, 0.29) is 22.0 Å². The number of nitrogens with zero attached hydrogens (tertiary/aromatic N) is 2. The summed E-state index contributed by atoms with van der Waals surface area (Å²) < 4.78 is 87.5. The van der Waals surface area contributed by atoms with Crippen LogP contribution in [-0.2, 0) is 4.74 Å². The molecule has 0 radical (unpaired) electrons. The van der Waals surface area contributed by atoms with Crippen LogP contribution in [0.3, 0.4) is 0 Å². The lowest BCUT2D eigenvalue weighted by atomic mass is 10.2. The van der Waals surface area contributed by atoms with Crippen LogP contribution in [-0.4, -0.2) is 49.6 Å². The maximum absolute atomic E-state index is 13.0. The summed E-state index contributed by atoms with van der Waals surface area (Å²) in [6, 6.07) is 5.44. The number of hydrogen-bond donors (Lipinski definition) is 0. The summed E-state index contributed by atoms with van der Waals surface area (Å²) in [6.45, 7) is 7.41. The normalized spacial score (nSPS) is 13.0. The summed E-state index contributed by atoms with van der Waals surface area (Å²) in [5, 5.41) is 0.242. The molecule has 5 nitrogen and oxygen atoms in total. The number of halogens is 6. The highest BCUT2D eigenvalue weighted by Gasteiger charge is 2.60. The molecule has 182 valence electrons. The molecule has 0 atom stereocenters. The fourth-order valence-electron chi connectivity index (χ4n) is 4.10. The van der Waals surface area contributed by atoms with Gasteiger partial charge >= 0.3 is 18.3 Å². The second kappa shape index (κ2) is 9.70. The molecule has 2 aromatic rings. The highest BCUT2D eigenvalue weighted by Crippen LogP contribution is 2.37. The number of ether oxygens (including phenoxy) is 2. The van der Waals surface area contributed by atoms with Crippen LogP contribution in [0.25, 0.3) is 0 Å². The highest BCUT2D eigenvalue weighted by atomic mass is 28.3. The Labute approximate surface area is 188 Å². The Bertz CT molecular complexity index is 943. The van der Waals surface area contributed by atoms with E-state index in [1.165, 1.54) is 31.6 Å². The van der Waals surface area contributed by atoms with Gasteiger partial charge in [0.05, 0.1) is 12.7 Å². The first-order chi connectivity index (χ1) is 15.2. The molecule has 33 heavy (non-hydrogen) atoms. The van der Waals surface area contributed by atoms with E-state index in [0.29, 0.717) is 5.45 Å². The van der Waals surface area contributed by atoms with E-state index in [1.54, 1.807) is 6.07 Å². The molecular weight excluding hydrogens is 470 g/mol. The van der Waals surface area contributed by atoms with Crippen molar-refractivity contribution in [3.05, 3.63) is 42.2 Å². The number of benzene rings is 1. The molecule has 0 saturated heterocycles. The number of carbonyl (C=O) groups is 1. The van der Waals surface area contributed by atoms with Crippen LogP contribution < -0.4 is 15.4 Å². The fraction of sp³-hybridized carbons (Fsp3) is 0.476. The molecule has 0 amide bonds. The molecule has 0 aliphatic heterocycles. The van der Waals surface area contributed by atoms with Crippen molar-refractivity contribution in [2.45, 2.75) is 57.2 Å². The fourth-order valence-corrected chi connectivity index (χ4v) is 9.54. The zero-order valence-corrected chi connectivity index (χ0v) is 19.6. The Hall–Kier alpha value is -2.63. The minimum atomic E-state index is -5.83. The molecule has 2 rings (SSSR count). The van der Waals surface area contributed by atoms with Crippen LogP contribution in [0.2, 0.25) is 11.1 Å². The van der Waals surface area contributed by atoms with Crippen LogP contribution in [0.15, 0.2) is 36.7 Å². The van der Waals surface area contributed by atoms with Crippen molar-refractivity contribution in [2.24, 2.45) is 0 Å². The number of hydrogen-bond acceptors (Lipinski definition) is 5. The summed E-state index contributed by atoms with van der Waals surface area (Å²) in [4.78, 5) is 21.5. The lowest BCUT2D eigenvalue weighted by molar-refractivity contribution is -0.307. The summed E-state index contributed by atoms with van der Waals surface area (Å²) in [5.41, 5.74) is -0.407. The second-order valence-corrected chi connectivity index (χ2v) is 13.1. The summed E-state index contributed by atoms with van der Waals surface area (Å²) in [6.07, 6.45) is -12.9. The highest BCUT2D eigenvalue weighted by molar-refractivity contribution is 7.03. The third-order valence-corrected chi connectivity index (χ3v) is 11.4. The van der Waals surface area contributed by atoms with Crippen LogP contribution >= 0.6 is 0 Å². The van der Waals surface area contributed by atoms with Gasteiger partial charge in [0.1, 0.15) is 11.2 Å². The number of esters is 1. The summed E-state index contributed by atoms with van der Waals surface area (Å²) in [7, 11) is -1.81. The van der Waals surface area contributed by atoms with E-state index in [9.17, 15) is 31.1 Å². The van der Waals surface area contributed by atoms with Crippen molar-refractivity contribution in [1.82, 2.24) is 9.97 Å². The van der Waals surface area contributed by atoms with Crippen LogP contribution in [0, 0.1) is 0 Å². The Balaban J connectivity index is 2.79. The topological polar surface area (TPSA) is 61.3 Å². The van der Waals surface area contributed by atoms with Gasteiger partial charge in [-0.3, -0.25) is 0 Å². The van der Waals surface area contributed by atoms with Gasteiger partial charge in [-0.1, -0.05) is 27.7 Å². The van der Waals surface area contributed by atoms with E-state index >= 15 is 0 Å². The molecule has 1 aromatic carbocycles. The Kier molecular flexibility index (Phi) is 7.82. The van der Waals surface area contributed by atoms with Crippen molar-refractivity contribution in [3.8, 4) is 5.75 Å².